The van der Waals surface area contributed by atoms with Crippen LogP contribution in [0.4, 0.5) is 5.13 Å². The summed E-state index contributed by atoms with van der Waals surface area (Å²) in [5.74, 6) is -0.247. The van der Waals surface area contributed by atoms with E-state index >= 15 is 0 Å². The molecule has 0 radical (unpaired) electrons. The van der Waals surface area contributed by atoms with E-state index in [1.54, 1.807) is 6.92 Å². The molecule has 0 aliphatic carbocycles. The molecule has 0 aliphatic heterocycles. The lowest BCUT2D eigenvalue weighted by Gasteiger charge is -2.05. The smallest absolute Gasteiger partial charge is 0.350 e. The third-order valence-corrected chi connectivity index (χ3v) is 4.62. The minimum atomic E-state index is -0.387. The van der Waals surface area contributed by atoms with E-state index in [0.29, 0.717) is 28.7 Å². The Morgan fingerprint density at radius 2 is 2.18 bits per heavy atom. The highest BCUT2D eigenvalue weighted by atomic mass is 32.1. The fourth-order valence-electron chi connectivity index (χ4n) is 1.68. The number of rotatable bonds is 6. The number of aromatic nitrogens is 1. The van der Waals surface area contributed by atoms with E-state index in [9.17, 15) is 9.59 Å². The zero-order chi connectivity index (χ0) is 16.1. The molecule has 0 atom stereocenters. The average molecular weight is 338 g/mol. The van der Waals surface area contributed by atoms with Crippen molar-refractivity contribution in [3.8, 4) is 0 Å². The lowest BCUT2D eigenvalue weighted by atomic mass is 10.2. The van der Waals surface area contributed by atoms with Gasteiger partial charge in [-0.25, -0.2) is 9.78 Å². The van der Waals surface area contributed by atoms with Crippen LogP contribution in [0.1, 0.15) is 34.1 Å². The molecule has 0 spiro atoms. The van der Waals surface area contributed by atoms with E-state index in [-0.39, 0.29) is 17.8 Å². The molecule has 0 fully saturated rings. The van der Waals surface area contributed by atoms with Gasteiger partial charge in [0.2, 0.25) is 5.91 Å². The molecule has 0 bridgehead atoms. The minimum absolute atomic E-state index is 0.140. The Morgan fingerprint density at radius 3 is 2.82 bits per heavy atom. The van der Waals surface area contributed by atoms with E-state index in [4.69, 9.17) is 4.74 Å². The van der Waals surface area contributed by atoms with Gasteiger partial charge in [0, 0.05) is 4.88 Å². The van der Waals surface area contributed by atoms with Crippen LogP contribution in [0.15, 0.2) is 17.5 Å². The van der Waals surface area contributed by atoms with Crippen LogP contribution in [0.2, 0.25) is 0 Å². The Balaban J connectivity index is 1.97. The highest BCUT2D eigenvalue weighted by molar-refractivity contribution is 7.17. The summed E-state index contributed by atoms with van der Waals surface area (Å²) in [7, 11) is 0. The molecule has 0 unspecified atom stereocenters. The molecular weight excluding hydrogens is 320 g/mol. The Hall–Kier alpha value is -1.73. The van der Waals surface area contributed by atoms with Crippen molar-refractivity contribution in [3.05, 3.63) is 33.0 Å². The van der Waals surface area contributed by atoms with E-state index < -0.39 is 0 Å². The minimum Gasteiger partial charge on any atom is -0.461 e. The molecule has 22 heavy (non-hydrogen) atoms. The summed E-state index contributed by atoms with van der Waals surface area (Å²) >= 11 is 2.68. The lowest BCUT2D eigenvalue weighted by Crippen LogP contribution is -2.13. The van der Waals surface area contributed by atoms with Gasteiger partial charge in [-0.15, -0.1) is 11.3 Å². The quantitative estimate of drug-likeness (QED) is 0.819. The molecule has 2 aromatic heterocycles. The fraction of sp³-hybridized carbons (Fsp3) is 0.400. The van der Waals surface area contributed by atoms with Crippen molar-refractivity contribution in [2.75, 3.05) is 11.9 Å². The molecule has 2 heterocycles. The van der Waals surface area contributed by atoms with Gasteiger partial charge in [0.25, 0.3) is 0 Å². The first-order valence-electron chi connectivity index (χ1n) is 6.92. The maximum atomic E-state index is 12.0. The highest BCUT2D eigenvalue weighted by Gasteiger charge is 2.18. The largest absolute Gasteiger partial charge is 0.461 e. The molecule has 1 amide bonds. The standard InChI is InChI=1S/C15H18N2O3S2/c1-9(2)8-20-14(19)13-10(3)16-15(22-13)17-12(18)7-11-5-4-6-21-11/h4-6,9H,7-8H2,1-3H3,(H,16,17,18). The van der Waals surface area contributed by atoms with E-state index in [2.05, 4.69) is 10.3 Å². The Bertz CT molecular complexity index is 648. The number of nitrogens with one attached hydrogen (secondary N) is 1. The first-order valence-corrected chi connectivity index (χ1v) is 8.62. The van der Waals surface area contributed by atoms with Crippen LogP contribution in [0.5, 0.6) is 0 Å². The molecule has 0 saturated heterocycles. The number of esters is 1. The number of amides is 1. The summed E-state index contributed by atoms with van der Waals surface area (Å²) in [6.45, 7) is 6.06. The van der Waals surface area contributed by atoms with Crippen LogP contribution < -0.4 is 5.32 Å². The molecule has 0 saturated carbocycles. The molecule has 1 N–H and O–H groups in total. The number of hydrogen-bond acceptors (Lipinski definition) is 6. The second kappa shape index (κ2) is 7.51. The lowest BCUT2D eigenvalue weighted by molar-refractivity contribution is -0.115. The molecular formula is C15H18N2O3S2. The van der Waals surface area contributed by atoms with Crippen molar-refractivity contribution < 1.29 is 14.3 Å². The second-order valence-corrected chi connectivity index (χ2v) is 7.26. The Morgan fingerprint density at radius 1 is 1.41 bits per heavy atom. The van der Waals surface area contributed by atoms with Gasteiger partial charge in [-0.2, -0.15) is 0 Å². The van der Waals surface area contributed by atoms with Crippen molar-refractivity contribution in [1.29, 1.82) is 0 Å². The van der Waals surface area contributed by atoms with Crippen molar-refractivity contribution in [3.63, 3.8) is 0 Å². The Labute approximate surface area is 137 Å². The van der Waals surface area contributed by atoms with Gasteiger partial charge in [-0.3, -0.25) is 4.79 Å². The van der Waals surface area contributed by atoms with Gasteiger partial charge in [-0.1, -0.05) is 31.3 Å². The zero-order valence-corrected chi connectivity index (χ0v) is 14.3. The first kappa shape index (κ1) is 16.6. The van der Waals surface area contributed by atoms with E-state index in [1.807, 2.05) is 31.4 Å². The third kappa shape index (κ3) is 4.64. The fourth-order valence-corrected chi connectivity index (χ4v) is 3.26. The van der Waals surface area contributed by atoms with Crippen LogP contribution in [-0.2, 0) is 16.0 Å². The molecule has 0 aromatic carbocycles. The molecule has 2 aromatic rings. The number of hydrogen-bond donors (Lipinski definition) is 1. The van der Waals surface area contributed by atoms with Gasteiger partial charge in [0.05, 0.1) is 18.7 Å². The number of thiazole rings is 1. The normalized spacial score (nSPS) is 10.7. The van der Waals surface area contributed by atoms with Gasteiger partial charge in [0.15, 0.2) is 5.13 Å². The summed E-state index contributed by atoms with van der Waals surface area (Å²) in [4.78, 5) is 29.5. The van der Waals surface area contributed by atoms with Crippen molar-refractivity contribution >= 4 is 39.7 Å². The average Bonchev–Trinajstić information content (AvgIpc) is 3.05. The molecule has 7 heteroatoms. The summed E-state index contributed by atoms with van der Waals surface area (Å²) in [6.07, 6.45) is 0.309. The number of nitrogens with zero attached hydrogens (tertiary/aromatic N) is 1. The van der Waals surface area contributed by atoms with E-state index in [1.165, 1.54) is 11.3 Å². The predicted octanol–water partition coefficient (Wildman–Crippen LogP) is 3.51. The SMILES string of the molecule is Cc1nc(NC(=O)Cc2cccs2)sc1C(=O)OCC(C)C. The monoisotopic (exact) mass is 338 g/mol. The number of carbonyl (C=O) groups excluding carboxylic acids is 2. The molecule has 0 aliphatic rings. The second-order valence-electron chi connectivity index (χ2n) is 5.23. The summed E-state index contributed by atoms with van der Waals surface area (Å²) in [6, 6.07) is 3.82. The van der Waals surface area contributed by atoms with Gasteiger partial charge in [-0.05, 0) is 24.3 Å². The van der Waals surface area contributed by atoms with Crippen molar-refractivity contribution in [2.45, 2.75) is 27.2 Å². The predicted molar refractivity (Wildman–Crippen MR) is 88.6 cm³/mol. The third-order valence-electron chi connectivity index (χ3n) is 2.69. The van der Waals surface area contributed by atoms with Crippen molar-refractivity contribution in [2.24, 2.45) is 5.92 Å². The number of anilines is 1. The highest BCUT2D eigenvalue weighted by Crippen LogP contribution is 2.24. The van der Waals surface area contributed by atoms with Gasteiger partial charge in [0.1, 0.15) is 4.88 Å². The zero-order valence-electron chi connectivity index (χ0n) is 12.7. The number of carbonyl (C=O) groups is 2. The van der Waals surface area contributed by atoms with Crippen LogP contribution in [0.25, 0.3) is 0 Å². The first-order chi connectivity index (χ1) is 10.5. The van der Waals surface area contributed by atoms with Crippen LogP contribution in [0.3, 0.4) is 0 Å². The van der Waals surface area contributed by atoms with E-state index in [0.717, 1.165) is 16.2 Å². The van der Waals surface area contributed by atoms with Gasteiger partial charge >= 0.3 is 5.97 Å². The number of ether oxygens (including phenoxy) is 1. The molecule has 5 nitrogen and oxygen atoms in total. The number of thiophene rings is 1. The Kier molecular flexibility index (Phi) is 5.68. The van der Waals surface area contributed by atoms with Crippen LogP contribution >= 0.6 is 22.7 Å². The van der Waals surface area contributed by atoms with Crippen molar-refractivity contribution in [1.82, 2.24) is 4.98 Å². The maximum Gasteiger partial charge on any atom is 0.350 e. The summed E-state index contributed by atoms with van der Waals surface area (Å²) in [5.41, 5.74) is 0.574. The van der Waals surface area contributed by atoms with Crippen LogP contribution in [-0.4, -0.2) is 23.5 Å². The van der Waals surface area contributed by atoms with Gasteiger partial charge < -0.3 is 10.1 Å². The topological polar surface area (TPSA) is 68.3 Å². The summed E-state index contributed by atoms with van der Waals surface area (Å²) < 4.78 is 5.19. The summed E-state index contributed by atoms with van der Waals surface area (Å²) in [5, 5.41) is 5.08. The maximum absolute atomic E-state index is 12.0. The molecule has 2 rings (SSSR count). The number of aryl methyl sites for hydroxylation is 1. The molecule has 118 valence electrons. The van der Waals surface area contributed by atoms with Crippen LogP contribution in [0, 0.1) is 12.8 Å².